The van der Waals surface area contributed by atoms with Crippen LogP contribution in [0, 0.1) is 11.8 Å². The average Bonchev–Trinajstić information content (AvgIpc) is 2.65. The molecular formula is C21H21F3N2OS. The van der Waals surface area contributed by atoms with E-state index in [-0.39, 0.29) is 17.5 Å². The van der Waals surface area contributed by atoms with Gasteiger partial charge in [0.05, 0.1) is 22.6 Å². The third kappa shape index (κ3) is 3.85. The van der Waals surface area contributed by atoms with Gasteiger partial charge >= 0.3 is 6.18 Å². The van der Waals surface area contributed by atoms with Gasteiger partial charge in [-0.3, -0.25) is 4.79 Å². The molecule has 7 heteroatoms. The lowest BCUT2D eigenvalue weighted by molar-refractivity contribution is -0.137. The second kappa shape index (κ2) is 7.35. The van der Waals surface area contributed by atoms with E-state index in [4.69, 9.17) is 0 Å². The third-order valence-electron chi connectivity index (χ3n) is 5.36. The monoisotopic (exact) mass is 406 g/mol. The van der Waals surface area contributed by atoms with E-state index in [1.807, 2.05) is 24.3 Å². The Labute approximate surface area is 166 Å². The number of hydrogen-bond acceptors (Lipinski definition) is 3. The van der Waals surface area contributed by atoms with Crippen molar-refractivity contribution in [2.24, 2.45) is 11.8 Å². The first-order valence-corrected chi connectivity index (χ1v) is 10.2. The number of carbonyl (C=O) groups excluding carboxylic acids is 1. The zero-order chi connectivity index (χ0) is 19.9. The number of benzene rings is 2. The molecule has 1 saturated carbocycles. The summed E-state index contributed by atoms with van der Waals surface area (Å²) in [5.41, 5.74) is 0.776. The lowest BCUT2D eigenvalue weighted by atomic mass is 9.82. The smallest absolute Gasteiger partial charge is 0.352 e. The summed E-state index contributed by atoms with van der Waals surface area (Å²) in [7, 11) is 0. The molecule has 1 aliphatic heterocycles. The Morgan fingerprint density at radius 2 is 1.96 bits per heavy atom. The second-order valence-electron chi connectivity index (χ2n) is 7.58. The molecule has 2 aliphatic rings. The summed E-state index contributed by atoms with van der Waals surface area (Å²) in [6.07, 6.45) is -0.856. The summed E-state index contributed by atoms with van der Waals surface area (Å²) in [4.78, 5) is 14.1. The molecular weight excluding hydrogens is 385 g/mol. The van der Waals surface area contributed by atoms with Gasteiger partial charge in [-0.05, 0) is 43.0 Å². The van der Waals surface area contributed by atoms with Crippen LogP contribution in [0.1, 0.15) is 38.2 Å². The van der Waals surface area contributed by atoms with Gasteiger partial charge in [0.25, 0.3) is 0 Å². The van der Waals surface area contributed by atoms with Crippen molar-refractivity contribution in [2.45, 2.75) is 48.6 Å². The standard InChI is InChI=1S/C21H21F3N2OS/c1-12-5-4-6-13(9-12)20(27)26-16-10-14(21(22,23)24)11-18-19(16)25-15-7-2-3-8-17(15)28-18/h2-3,7-8,10-13,25H,4-6,9H2,1H3,(H,26,27)/t12?,13-/m0/s1. The predicted molar refractivity (Wildman–Crippen MR) is 105 cm³/mol. The summed E-state index contributed by atoms with van der Waals surface area (Å²) in [6.45, 7) is 2.11. The first-order valence-electron chi connectivity index (χ1n) is 9.41. The molecule has 2 aromatic rings. The van der Waals surface area contributed by atoms with Crippen LogP contribution in [0.2, 0.25) is 0 Å². The van der Waals surface area contributed by atoms with Crippen molar-refractivity contribution >= 4 is 34.7 Å². The van der Waals surface area contributed by atoms with Crippen LogP contribution in [0.4, 0.5) is 30.2 Å². The van der Waals surface area contributed by atoms with E-state index in [1.54, 1.807) is 0 Å². The van der Waals surface area contributed by atoms with Crippen molar-refractivity contribution in [2.75, 3.05) is 10.6 Å². The summed E-state index contributed by atoms with van der Waals surface area (Å²) < 4.78 is 40.3. The van der Waals surface area contributed by atoms with Crippen LogP contribution in [-0.4, -0.2) is 5.91 Å². The van der Waals surface area contributed by atoms with E-state index in [1.165, 1.54) is 11.8 Å². The molecule has 2 aromatic carbocycles. The number of amides is 1. The predicted octanol–water partition coefficient (Wildman–Crippen LogP) is 6.68. The van der Waals surface area contributed by atoms with E-state index >= 15 is 0 Å². The molecule has 148 valence electrons. The van der Waals surface area contributed by atoms with Crippen LogP contribution >= 0.6 is 11.8 Å². The van der Waals surface area contributed by atoms with Crippen LogP contribution in [0.3, 0.4) is 0 Å². The van der Waals surface area contributed by atoms with Gasteiger partial charge in [0, 0.05) is 15.7 Å². The molecule has 0 saturated heterocycles. The molecule has 1 heterocycles. The van der Waals surface area contributed by atoms with Gasteiger partial charge in [-0.1, -0.05) is 43.7 Å². The van der Waals surface area contributed by atoms with Gasteiger partial charge in [0.15, 0.2) is 0 Å². The van der Waals surface area contributed by atoms with Crippen molar-refractivity contribution in [3.8, 4) is 0 Å². The lowest BCUT2D eigenvalue weighted by Gasteiger charge is -2.28. The van der Waals surface area contributed by atoms with Gasteiger partial charge in [-0.2, -0.15) is 13.2 Å². The highest BCUT2D eigenvalue weighted by atomic mass is 32.2. The molecule has 1 amide bonds. The number of fused-ring (bicyclic) bond motifs is 2. The number of hydrogen-bond donors (Lipinski definition) is 2. The fraction of sp³-hybridized carbons (Fsp3) is 0.381. The van der Waals surface area contributed by atoms with E-state index in [2.05, 4.69) is 17.6 Å². The number of anilines is 3. The Balaban J connectivity index is 1.69. The highest BCUT2D eigenvalue weighted by molar-refractivity contribution is 7.99. The molecule has 2 atom stereocenters. The molecule has 1 unspecified atom stereocenters. The quantitative estimate of drug-likeness (QED) is 0.499. The van der Waals surface area contributed by atoms with Crippen molar-refractivity contribution < 1.29 is 18.0 Å². The van der Waals surface area contributed by atoms with Crippen LogP contribution in [-0.2, 0) is 11.0 Å². The Kier molecular flexibility index (Phi) is 5.04. The molecule has 0 aromatic heterocycles. The van der Waals surface area contributed by atoms with Crippen molar-refractivity contribution in [3.05, 3.63) is 42.0 Å². The van der Waals surface area contributed by atoms with E-state index in [0.717, 1.165) is 48.4 Å². The zero-order valence-corrected chi connectivity index (χ0v) is 16.2. The Morgan fingerprint density at radius 1 is 1.18 bits per heavy atom. The summed E-state index contributed by atoms with van der Waals surface area (Å²) in [5, 5.41) is 5.99. The Hall–Kier alpha value is -2.15. The topological polar surface area (TPSA) is 41.1 Å². The maximum atomic E-state index is 13.4. The van der Waals surface area contributed by atoms with E-state index in [9.17, 15) is 18.0 Å². The van der Waals surface area contributed by atoms with Gasteiger partial charge in [0.1, 0.15) is 0 Å². The van der Waals surface area contributed by atoms with Crippen LogP contribution in [0.25, 0.3) is 0 Å². The van der Waals surface area contributed by atoms with E-state index in [0.29, 0.717) is 16.5 Å². The number of alkyl halides is 3. The first-order chi connectivity index (χ1) is 13.3. The van der Waals surface area contributed by atoms with Gasteiger partial charge in [-0.25, -0.2) is 0 Å². The zero-order valence-electron chi connectivity index (χ0n) is 15.4. The average molecular weight is 406 g/mol. The minimum Gasteiger partial charge on any atom is -0.352 e. The molecule has 1 aliphatic carbocycles. The summed E-state index contributed by atoms with van der Waals surface area (Å²) in [5.74, 6) is 0.108. The fourth-order valence-electron chi connectivity index (χ4n) is 3.91. The SMILES string of the molecule is CC1CCC[C@H](C(=O)Nc2cc(C(F)(F)F)cc3c2Nc2ccccc2S3)C1. The minimum absolute atomic E-state index is 0.155. The van der Waals surface area contributed by atoms with Crippen LogP contribution in [0.5, 0.6) is 0 Å². The molecule has 0 spiro atoms. The molecule has 2 N–H and O–H groups in total. The summed E-state index contributed by atoms with van der Waals surface area (Å²) in [6, 6.07) is 9.61. The number of halogens is 3. The number of para-hydroxylation sites is 1. The van der Waals surface area contributed by atoms with Crippen molar-refractivity contribution in [1.29, 1.82) is 0 Å². The van der Waals surface area contributed by atoms with Crippen LogP contribution < -0.4 is 10.6 Å². The minimum atomic E-state index is -4.48. The second-order valence-corrected chi connectivity index (χ2v) is 8.66. The summed E-state index contributed by atoms with van der Waals surface area (Å²) >= 11 is 1.28. The van der Waals surface area contributed by atoms with E-state index < -0.39 is 11.7 Å². The molecule has 0 radical (unpaired) electrons. The van der Waals surface area contributed by atoms with Crippen molar-refractivity contribution in [1.82, 2.24) is 0 Å². The van der Waals surface area contributed by atoms with Gasteiger partial charge in [0.2, 0.25) is 5.91 Å². The molecule has 3 nitrogen and oxygen atoms in total. The normalized spacial score (nSPS) is 21.3. The number of rotatable bonds is 2. The highest BCUT2D eigenvalue weighted by Gasteiger charge is 2.34. The van der Waals surface area contributed by atoms with Gasteiger partial charge in [-0.15, -0.1) is 0 Å². The highest BCUT2D eigenvalue weighted by Crippen LogP contribution is 2.49. The molecule has 28 heavy (non-hydrogen) atoms. The maximum Gasteiger partial charge on any atom is 0.416 e. The van der Waals surface area contributed by atoms with Crippen molar-refractivity contribution in [3.63, 3.8) is 0 Å². The van der Waals surface area contributed by atoms with Gasteiger partial charge < -0.3 is 10.6 Å². The largest absolute Gasteiger partial charge is 0.416 e. The first kappa shape index (κ1) is 19.2. The molecule has 4 rings (SSSR count). The third-order valence-corrected chi connectivity index (χ3v) is 6.48. The molecule has 1 fully saturated rings. The fourth-order valence-corrected chi connectivity index (χ4v) is 4.97. The molecule has 0 bridgehead atoms. The Morgan fingerprint density at radius 3 is 2.71 bits per heavy atom. The number of nitrogens with one attached hydrogen (secondary N) is 2. The Bertz CT molecular complexity index is 913. The number of carbonyl (C=O) groups is 1. The maximum absolute atomic E-state index is 13.4. The lowest BCUT2D eigenvalue weighted by Crippen LogP contribution is -2.28. The van der Waals surface area contributed by atoms with Crippen LogP contribution in [0.15, 0.2) is 46.2 Å².